The number of hydrogen-bond donors (Lipinski definition) is 2. The first-order chi connectivity index (χ1) is 12.1. The molecule has 1 aromatic heterocycles. The fourth-order valence-electron chi connectivity index (χ4n) is 3.21. The molecule has 124 valence electrons. The van der Waals surface area contributed by atoms with Crippen molar-refractivity contribution >= 4 is 11.7 Å². The number of benzene rings is 2. The maximum Gasteiger partial charge on any atom is 0.248 e. The number of pyridine rings is 1. The molecule has 1 aliphatic heterocycles. The van der Waals surface area contributed by atoms with E-state index in [1.54, 1.807) is 24.4 Å². The summed E-state index contributed by atoms with van der Waals surface area (Å²) in [5.41, 5.74) is 9.80. The van der Waals surface area contributed by atoms with Gasteiger partial charge < -0.3 is 11.1 Å². The number of amides is 1. The van der Waals surface area contributed by atoms with Crippen molar-refractivity contribution in [2.24, 2.45) is 5.73 Å². The van der Waals surface area contributed by atoms with Crippen LogP contribution < -0.4 is 11.1 Å². The lowest BCUT2D eigenvalue weighted by atomic mass is 9.91. The van der Waals surface area contributed by atoms with E-state index in [0.717, 1.165) is 28.1 Å². The van der Waals surface area contributed by atoms with E-state index in [9.17, 15) is 9.18 Å². The average Bonchev–Trinajstić information content (AvgIpc) is 3.05. The topological polar surface area (TPSA) is 68.0 Å². The van der Waals surface area contributed by atoms with Gasteiger partial charge in [0, 0.05) is 35.3 Å². The summed E-state index contributed by atoms with van der Waals surface area (Å²) in [6.45, 7) is 0.706. The Hall–Kier alpha value is -3.21. The minimum atomic E-state index is -0.439. The van der Waals surface area contributed by atoms with Crippen LogP contribution in [-0.2, 0) is 0 Å². The SMILES string of the molecule is NC(=O)c1cccc(C2CNc3ncc(-c4ccc(F)cc4)cc32)c1. The fraction of sp³-hybridized carbons (Fsp3) is 0.100. The van der Waals surface area contributed by atoms with Crippen LogP contribution in [0.2, 0.25) is 0 Å². The molecule has 5 heteroatoms. The van der Waals surface area contributed by atoms with E-state index < -0.39 is 5.91 Å². The Labute approximate surface area is 144 Å². The molecule has 0 bridgehead atoms. The second kappa shape index (κ2) is 6.02. The van der Waals surface area contributed by atoms with Crippen molar-refractivity contribution in [3.63, 3.8) is 0 Å². The van der Waals surface area contributed by atoms with Gasteiger partial charge in [-0.1, -0.05) is 24.3 Å². The molecule has 1 amide bonds. The van der Waals surface area contributed by atoms with Crippen molar-refractivity contribution in [2.45, 2.75) is 5.92 Å². The molecular formula is C20H16FN3O. The number of aromatic nitrogens is 1. The molecule has 0 radical (unpaired) electrons. The van der Waals surface area contributed by atoms with Gasteiger partial charge in [0.15, 0.2) is 0 Å². The predicted molar refractivity (Wildman–Crippen MR) is 94.9 cm³/mol. The van der Waals surface area contributed by atoms with E-state index in [1.165, 1.54) is 12.1 Å². The molecular weight excluding hydrogens is 317 g/mol. The summed E-state index contributed by atoms with van der Waals surface area (Å²) in [7, 11) is 0. The van der Waals surface area contributed by atoms with Gasteiger partial charge >= 0.3 is 0 Å². The van der Waals surface area contributed by atoms with E-state index in [1.807, 2.05) is 18.2 Å². The zero-order valence-corrected chi connectivity index (χ0v) is 13.4. The summed E-state index contributed by atoms with van der Waals surface area (Å²) in [5, 5.41) is 3.30. The van der Waals surface area contributed by atoms with Gasteiger partial charge in [-0.15, -0.1) is 0 Å². The molecule has 0 fully saturated rings. The number of rotatable bonds is 3. The van der Waals surface area contributed by atoms with E-state index in [-0.39, 0.29) is 11.7 Å². The van der Waals surface area contributed by atoms with Gasteiger partial charge in [-0.3, -0.25) is 4.79 Å². The minimum Gasteiger partial charge on any atom is -0.369 e. The van der Waals surface area contributed by atoms with E-state index in [2.05, 4.69) is 16.4 Å². The van der Waals surface area contributed by atoms with Gasteiger partial charge in [0.25, 0.3) is 0 Å². The smallest absolute Gasteiger partial charge is 0.248 e. The summed E-state index contributed by atoms with van der Waals surface area (Å²) in [6, 6.07) is 15.8. The van der Waals surface area contributed by atoms with Gasteiger partial charge in [0.2, 0.25) is 5.91 Å². The number of nitrogens with one attached hydrogen (secondary N) is 1. The van der Waals surface area contributed by atoms with Gasteiger partial charge in [-0.25, -0.2) is 9.37 Å². The van der Waals surface area contributed by atoms with Gasteiger partial charge in [-0.05, 0) is 41.5 Å². The van der Waals surface area contributed by atoms with E-state index >= 15 is 0 Å². The molecule has 2 heterocycles. The lowest BCUT2D eigenvalue weighted by Gasteiger charge is -2.12. The lowest BCUT2D eigenvalue weighted by Crippen LogP contribution is -2.12. The third-order valence-electron chi connectivity index (χ3n) is 4.52. The first-order valence-corrected chi connectivity index (χ1v) is 8.01. The molecule has 2 aromatic carbocycles. The average molecular weight is 333 g/mol. The molecule has 3 aromatic rings. The van der Waals surface area contributed by atoms with Gasteiger partial charge in [0.1, 0.15) is 11.6 Å². The summed E-state index contributed by atoms with van der Waals surface area (Å²) >= 11 is 0. The van der Waals surface area contributed by atoms with Gasteiger partial charge in [0.05, 0.1) is 0 Å². The maximum absolute atomic E-state index is 13.1. The largest absolute Gasteiger partial charge is 0.369 e. The molecule has 3 N–H and O–H groups in total. The number of hydrogen-bond acceptors (Lipinski definition) is 3. The Morgan fingerprint density at radius 1 is 1.12 bits per heavy atom. The number of nitrogens with zero attached hydrogens (tertiary/aromatic N) is 1. The van der Waals surface area contributed by atoms with E-state index in [0.29, 0.717) is 12.1 Å². The molecule has 4 rings (SSSR count). The van der Waals surface area contributed by atoms with Crippen LogP contribution in [-0.4, -0.2) is 17.4 Å². The molecule has 0 saturated carbocycles. The van der Waals surface area contributed by atoms with Crippen LogP contribution in [0, 0.1) is 5.82 Å². The number of carbonyl (C=O) groups is 1. The highest BCUT2D eigenvalue weighted by Gasteiger charge is 2.25. The summed E-state index contributed by atoms with van der Waals surface area (Å²) < 4.78 is 13.1. The summed E-state index contributed by atoms with van der Waals surface area (Å²) in [6.07, 6.45) is 1.78. The third-order valence-corrected chi connectivity index (χ3v) is 4.52. The van der Waals surface area contributed by atoms with Crippen LogP contribution in [0.5, 0.6) is 0 Å². The summed E-state index contributed by atoms with van der Waals surface area (Å²) in [4.78, 5) is 15.9. The molecule has 1 unspecified atom stereocenters. The number of fused-ring (bicyclic) bond motifs is 1. The molecule has 4 nitrogen and oxygen atoms in total. The maximum atomic E-state index is 13.1. The quantitative estimate of drug-likeness (QED) is 0.770. The fourth-order valence-corrected chi connectivity index (χ4v) is 3.21. The molecule has 1 aliphatic rings. The second-order valence-electron chi connectivity index (χ2n) is 6.09. The number of carbonyl (C=O) groups excluding carboxylic acids is 1. The molecule has 1 atom stereocenters. The number of primary amides is 1. The van der Waals surface area contributed by atoms with Gasteiger partial charge in [-0.2, -0.15) is 0 Å². The zero-order chi connectivity index (χ0) is 17.4. The Morgan fingerprint density at radius 2 is 1.92 bits per heavy atom. The Balaban J connectivity index is 1.74. The third kappa shape index (κ3) is 2.85. The minimum absolute atomic E-state index is 0.0854. The highest BCUT2D eigenvalue weighted by molar-refractivity contribution is 5.93. The first kappa shape index (κ1) is 15.3. The molecule has 0 saturated heterocycles. The van der Waals surface area contributed by atoms with Crippen LogP contribution in [0.1, 0.15) is 27.4 Å². The number of halogens is 1. The highest BCUT2D eigenvalue weighted by Crippen LogP contribution is 2.37. The number of anilines is 1. The first-order valence-electron chi connectivity index (χ1n) is 8.01. The Kier molecular flexibility index (Phi) is 3.69. The van der Waals surface area contributed by atoms with Crippen LogP contribution in [0.4, 0.5) is 10.2 Å². The van der Waals surface area contributed by atoms with Crippen LogP contribution in [0.25, 0.3) is 11.1 Å². The van der Waals surface area contributed by atoms with Crippen LogP contribution in [0.3, 0.4) is 0 Å². The molecule has 0 spiro atoms. The monoisotopic (exact) mass is 333 g/mol. The van der Waals surface area contributed by atoms with Crippen LogP contribution >= 0.6 is 0 Å². The van der Waals surface area contributed by atoms with Crippen molar-refractivity contribution in [1.29, 1.82) is 0 Å². The Morgan fingerprint density at radius 3 is 2.68 bits per heavy atom. The van der Waals surface area contributed by atoms with Crippen molar-refractivity contribution in [1.82, 2.24) is 4.98 Å². The Bertz CT molecular complexity index is 953. The predicted octanol–water partition coefficient (Wildman–Crippen LogP) is 3.54. The van der Waals surface area contributed by atoms with Crippen molar-refractivity contribution in [3.8, 4) is 11.1 Å². The summed E-state index contributed by atoms with van der Waals surface area (Å²) in [5.74, 6) is 0.217. The standard InChI is InChI=1S/C20H16FN3O/c21-16-6-4-12(5-7-16)15-9-17-18(11-24-20(17)23-10-15)13-2-1-3-14(8-13)19(22)25/h1-10,18H,11H2,(H2,22,25)(H,23,24). The second-order valence-corrected chi connectivity index (χ2v) is 6.09. The molecule has 25 heavy (non-hydrogen) atoms. The molecule has 0 aliphatic carbocycles. The lowest BCUT2D eigenvalue weighted by molar-refractivity contribution is 0.1000. The van der Waals surface area contributed by atoms with Crippen molar-refractivity contribution in [3.05, 3.63) is 83.3 Å². The highest BCUT2D eigenvalue weighted by atomic mass is 19.1. The van der Waals surface area contributed by atoms with Crippen LogP contribution in [0.15, 0.2) is 60.8 Å². The number of nitrogens with two attached hydrogens (primary N) is 1. The zero-order valence-electron chi connectivity index (χ0n) is 13.4. The van der Waals surface area contributed by atoms with E-state index in [4.69, 9.17) is 5.73 Å². The normalized spacial score (nSPS) is 15.5. The van der Waals surface area contributed by atoms with Crippen molar-refractivity contribution in [2.75, 3.05) is 11.9 Å². The van der Waals surface area contributed by atoms with Crippen molar-refractivity contribution < 1.29 is 9.18 Å².